The fourth-order valence-electron chi connectivity index (χ4n) is 2.27. The summed E-state index contributed by atoms with van der Waals surface area (Å²) in [7, 11) is 2.07. The molecular formula is C13H19F2N3. The maximum atomic E-state index is 12.9. The molecule has 0 amide bonds. The summed E-state index contributed by atoms with van der Waals surface area (Å²) in [5.41, 5.74) is 6.43. The minimum Gasteiger partial charge on any atom is -0.399 e. The third kappa shape index (κ3) is 3.10. The number of nitrogens with two attached hydrogens (primary N) is 1. The normalized spacial score (nSPS) is 18.2. The summed E-state index contributed by atoms with van der Waals surface area (Å²) in [4.78, 5) is 2.25. The highest BCUT2D eigenvalue weighted by atomic mass is 19.3. The number of anilines is 2. The molecule has 1 aliphatic rings. The SMILES string of the molecule is CN1CCC(Nc2ccc(N)cc2C(F)F)CC1. The Bertz CT molecular complexity index is 401. The van der Waals surface area contributed by atoms with E-state index in [4.69, 9.17) is 5.73 Å². The standard InChI is InChI=1S/C13H19F2N3/c1-18-6-4-10(5-7-18)17-12-3-2-9(16)8-11(12)13(14)15/h2-3,8,10,13,17H,4-7,16H2,1H3. The number of alkyl halides is 2. The topological polar surface area (TPSA) is 41.3 Å². The van der Waals surface area contributed by atoms with E-state index in [0.29, 0.717) is 11.4 Å². The molecule has 1 heterocycles. The van der Waals surface area contributed by atoms with E-state index in [9.17, 15) is 8.78 Å². The number of rotatable bonds is 3. The lowest BCUT2D eigenvalue weighted by molar-refractivity contribution is 0.152. The largest absolute Gasteiger partial charge is 0.399 e. The number of piperidine rings is 1. The molecule has 1 aromatic carbocycles. The second kappa shape index (κ2) is 5.52. The maximum absolute atomic E-state index is 12.9. The summed E-state index contributed by atoms with van der Waals surface area (Å²) in [6, 6.07) is 4.92. The average molecular weight is 255 g/mol. The molecule has 5 heteroatoms. The van der Waals surface area contributed by atoms with E-state index in [1.807, 2.05) is 0 Å². The fourth-order valence-corrected chi connectivity index (χ4v) is 2.27. The Balaban J connectivity index is 2.09. The zero-order chi connectivity index (χ0) is 13.1. The van der Waals surface area contributed by atoms with E-state index in [1.165, 1.54) is 6.07 Å². The first kappa shape index (κ1) is 13.1. The monoisotopic (exact) mass is 255 g/mol. The van der Waals surface area contributed by atoms with Gasteiger partial charge in [0, 0.05) is 23.0 Å². The van der Waals surface area contributed by atoms with Gasteiger partial charge in [0.1, 0.15) is 0 Å². The van der Waals surface area contributed by atoms with Crippen molar-refractivity contribution in [3.05, 3.63) is 23.8 Å². The van der Waals surface area contributed by atoms with E-state index in [0.717, 1.165) is 25.9 Å². The highest BCUT2D eigenvalue weighted by molar-refractivity contribution is 5.59. The van der Waals surface area contributed by atoms with Crippen molar-refractivity contribution >= 4 is 11.4 Å². The second-order valence-electron chi connectivity index (χ2n) is 4.87. The van der Waals surface area contributed by atoms with Crippen LogP contribution in [0.4, 0.5) is 20.2 Å². The van der Waals surface area contributed by atoms with Crippen LogP contribution in [0.3, 0.4) is 0 Å². The molecule has 1 fully saturated rings. The Morgan fingerprint density at radius 3 is 2.61 bits per heavy atom. The van der Waals surface area contributed by atoms with E-state index >= 15 is 0 Å². The van der Waals surface area contributed by atoms with Crippen molar-refractivity contribution in [1.29, 1.82) is 0 Å². The smallest absolute Gasteiger partial charge is 0.265 e. The minimum absolute atomic E-state index is 0.00562. The molecule has 0 unspecified atom stereocenters. The Labute approximate surface area is 106 Å². The molecule has 0 radical (unpaired) electrons. The highest BCUT2D eigenvalue weighted by Gasteiger charge is 2.19. The van der Waals surface area contributed by atoms with Crippen molar-refractivity contribution in [3.8, 4) is 0 Å². The van der Waals surface area contributed by atoms with Crippen molar-refractivity contribution in [2.24, 2.45) is 0 Å². The van der Waals surface area contributed by atoms with Crippen LogP contribution in [0.15, 0.2) is 18.2 Å². The third-order valence-corrected chi connectivity index (χ3v) is 3.39. The van der Waals surface area contributed by atoms with Gasteiger partial charge < -0.3 is 16.0 Å². The zero-order valence-corrected chi connectivity index (χ0v) is 10.5. The van der Waals surface area contributed by atoms with Gasteiger partial charge in [0.25, 0.3) is 6.43 Å². The summed E-state index contributed by atoms with van der Waals surface area (Å²) in [6.45, 7) is 1.99. The van der Waals surface area contributed by atoms with Gasteiger partial charge in [-0.05, 0) is 51.2 Å². The van der Waals surface area contributed by atoms with Crippen LogP contribution in [0, 0.1) is 0 Å². The van der Waals surface area contributed by atoms with Crippen molar-refractivity contribution in [3.63, 3.8) is 0 Å². The van der Waals surface area contributed by atoms with E-state index < -0.39 is 6.43 Å². The number of halogens is 2. The number of benzene rings is 1. The molecule has 0 aliphatic carbocycles. The summed E-state index contributed by atoms with van der Waals surface area (Å²) in [5.74, 6) is 0. The highest BCUT2D eigenvalue weighted by Crippen LogP contribution is 2.30. The molecule has 1 saturated heterocycles. The van der Waals surface area contributed by atoms with Crippen molar-refractivity contribution in [2.45, 2.75) is 25.3 Å². The van der Waals surface area contributed by atoms with Crippen LogP contribution in [0.25, 0.3) is 0 Å². The Morgan fingerprint density at radius 1 is 1.33 bits per heavy atom. The summed E-state index contributed by atoms with van der Waals surface area (Å²) in [6.07, 6.45) is -0.546. The molecule has 0 spiro atoms. The van der Waals surface area contributed by atoms with Gasteiger partial charge in [-0.1, -0.05) is 0 Å². The van der Waals surface area contributed by atoms with Crippen molar-refractivity contribution in [2.75, 3.05) is 31.2 Å². The van der Waals surface area contributed by atoms with Crippen LogP contribution < -0.4 is 11.1 Å². The fraction of sp³-hybridized carbons (Fsp3) is 0.538. The lowest BCUT2D eigenvalue weighted by Crippen LogP contribution is -2.36. The summed E-state index contributed by atoms with van der Waals surface area (Å²) in [5, 5.41) is 3.22. The predicted molar refractivity (Wildman–Crippen MR) is 70.0 cm³/mol. The number of likely N-dealkylation sites (tertiary alicyclic amines) is 1. The molecule has 3 nitrogen and oxygen atoms in total. The third-order valence-electron chi connectivity index (χ3n) is 3.39. The quantitative estimate of drug-likeness (QED) is 0.816. The number of hydrogen-bond donors (Lipinski definition) is 2. The number of hydrogen-bond acceptors (Lipinski definition) is 3. The lowest BCUT2D eigenvalue weighted by Gasteiger charge is -2.30. The lowest BCUT2D eigenvalue weighted by atomic mass is 10.0. The Morgan fingerprint density at radius 2 is 2.00 bits per heavy atom. The Kier molecular flexibility index (Phi) is 4.01. The summed E-state index contributed by atoms with van der Waals surface area (Å²) < 4.78 is 25.8. The van der Waals surface area contributed by atoms with Gasteiger partial charge in [0.05, 0.1) is 0 Å². The minimum atomic E-state index is -2.50. The molecule has 3 N–H and O–H groups in total. The second-order valence-corrected chi connectivity index (χ2v) is 4.87. The molecule has 100 valence electrons. The molecule has 0 atom stereocenters. The molecule has 18 heavy (non-hydrogen) atoms. The predicted octanol–water partition coefficient (Wildman–Crippen LogP) is 2.71. The van der Waals surface area contributed by atoms with Crippen LogP contribution in [-0.2, 0) is 0 Å². The summed E-state index contributed by atoms with van der Waals surface area (Å²) >= 11 is 0. The Hall–Kier alpha value is -1.36. The van der Waals surface area contributed by atoms with Crippen LogP contribution in [-0.4, -0.2) is 31.1 Å². The van der Waals surface area contributed by atoms with Crippen molar-refractivity contribution in [1.82, 2.24) is 4.90 Å². The van der Waals surface area contributed by atoms with Gasteiger partial charge >= 0.3 is 0 Å². The van der Waals surface area contributed by atoms with Crippen molar-refractivity contribution < 1.29 is 8.78 Å². The maximum Gasteiger partial charge on any atom is 0.265 e. The van der Waals surface area contributed by atoms with Gasteiger partial charge in [0.2, 0.25) is 0 Å². The number of nitrogens with one attached hydrogen (secondary N) is 1. The first-order valence-electron chi connectivity index (χ1n) is 6.19. The molecule has 2 rings (SSSR count). The zero-order valence-electron chi connectivity index (χ0n) is 10.5. The molecule has 1 aromatic rings. The van der Waals surface area contributed by atoms with E-state index in [2.05, 4.69) is 17.3 Å². The molecule has 0 aromatic heterocycles. The van der Waals surface area contributed by atoms with Crippen LogP contribution in [0.2, 0.25) is 0 Å². The molecule has 0 saturated carbocycles. The van der Waals surface area contributed by atoms with Gasteiger partial charge in [-0.15, -0.1) is 0 Å². The molecular weight excluding hydrogens is 236 g/mol. The molecule has 1 aliphatic heterocycles. The molecule has 0 bridgehead atoms. The first-order valence-corrected chi connectivity index (χ1v) is 6.19. The van der Waals surface area contributed by atoms with Gasteiger partial charge in [-0.25, -0.2) is 8.78 Å². The van der Waals surface area contributed by atoms with Crippen LogP contribution >= 0.6 is 0 Å². The number of nitrogen functional groups attached to an aromatic ring is 1. The van der Waals surface area contributed by atoms with Gasteiger partial charge in [0.15, 0.2) is 0 Å². The first-order chi connectivity index (χ1) is 8.56. The average Bonchev–Trinajstić information content (AvgIpc) is 2.34. The van der Waals surface area contributed by atoms with Gasteiger partial charge in [-0.2, -0.15) is 0 Å². The van der Waals surface area contributed by atoms with E-state index in [-0.39, 0.29) is 11.6 Å². The van der Waals surface area contributed by atoms with Gasteiger partial charge in [-0.3, -0.25) is 0 Å². The number of nitrogens with zero attached hydrogens (tertiary/aromatic N) is 1. The van der Waals surface area contributed by atoms with Crippen LogP contribution in [0.5, 0.6) is 0 Å². The van der Waals surface area contributed by atoms with Crippen LogP contribution in [0.1, 0.15) is 24.8 Å². The van der Waals surface area contributed by atoms with E-state index in [1.54, 1.807) is 12.1 Å².